The Hall–Kier alpha value is -1.12. The van der Waals surface area contributed by atoms with Crippen molar-refractivity contribution in [1.29, 1.82) is 0 Å². The van der Waals surface area contributed by atoms with Crippen LogP contribution >= 0.6 is 0 Å². The number of aliphatic carboxylic acids is 1. The Morgan fingerprint density at radius 1 is 1.38 bits per heavy atom. The molecule has 0 aliphatic rings. The highest BCUT2D eigenvalue weighted by molar-refractivity contribution is 5.87. The van der Waals surface area contributed by atoms with E-state index in [1.165, 1.54) is 13.0 Å². The van der Waals surface area contributed by atoms with Gasteiger partial charge in [0.15, 0.2) is 5.78 Å². The topological polar surface area (TPSA) is 54.4 Å². The zero-order valence-electron chi connectivity index (χ0n) is 8.28. The molecular weight excluding hydrogens is 168 g/mol. The first-order valence-corrected chi connectivity index (χ1v) is 4.34. The minimum atomic E-state index is -0.827. The molecule has 0 bridgehead atoms. The number of carbonyl (C=O) groups is 2. The van der Waals surface area contributed by atoms with Crippen LogP contribution in [-0.4, -0.2) is 16.9 Å². The summed E-state index contributed by atoms with van der Waals surface area (Å²) in [5.41, 5.74) is 0. The van der Waals surface area contributed by atoms with Crippen LogP contribution in [0.2, 0.25) is 0 Å². The average molecular weight is 184 g/mol. The molecule has 0 aliphatic carbocycles. The molecule has 1 unspecified atom stereocenters. The summed E-state index contributed by atoms with van der Waals surface area (Å²) < 4.78 is 0. The number of carboxylic acid groups (broad SMARTS) is 1. The highest BCUT2D eigenvalue weighted by Gasteiger charge is 2.13. The van der Waals surface area contributed by atoms with Crippen LogP contribution < -0.4 is 0 Å². The summed E-state index contributed by atoms with van der Waals surface area (Å²) in [6.45, 7) is 5.34. The lowest BCUT2D eigenvalue weighted by atomic mass is 9.92. The maximum atomic E-state index is 10.6. The summed E-state index contributed by atoms with van der Waals surface area (Å²) >= 11 is 0. The fraction of sp³-hybridized carbons (Fsp3) is 0.600. The van der Waals surface area contributed by atoms with E-state index >= 15 is 0 Å². The molecule has 0 aromatic heterocycles. The van der Waals surface area contributed by atoms with Crippen molar-refractivity contribution >= 4 is 11.8 Å². The van der Waals surface area contributed by atoms with Gasteiger partial charge in [-0.1, -0.05) is 19.9 Å². The van der Waals surface area contributed by atoms with Crippen molar-refractivity contribution < 1.29 is 14.7 Å². The van der Waals surface area contributed by atoms with Crippen LogP contribution in [0.15, 0.2) is 12.2 Å². The van der Waals surface area contributed by atoms with Crippen molar-refractivity contribution in [2.24, 2.45) is 11.8 Å². The van der Waals surface area contributed by atoms with Gasteiger partial charge < -0.3 is 5.11 Å². The van der Waals surface area contributed by atoms with Gasteiger partial charge >= 0.3 is 5.97 Å². The number of rotatable bonds is 5. The van der Waals surface area contributed by atoms with Crippen LogP contribution in [0, 0.1) is 11.8 Å². The smallest absolute Gasteiger partial charge is 0.303 e. The van der Waals surface area contributed by atoms with Gasteiger partial charge in [-0.25, -0.2) is 0 Å². The summed E-state index contributed by atoms with van der Waals surface area (Å²) in [6.07, 6.45) is 3.20. The largest absolute Gasteiger partial charge is 0.481 e. The first-order chi connectivity index (χ1) is 5.93. The molecule has 1 atom stereocenters. The van der Waals surface area contributed by atoms with E-state index in [0.717, 1.165) is 0 Å². The van der Waals surface area contributed by atoms with Gasteiger partial charge in [0.05, 0.1) is 6.42 Å². The van der Waals surface area contributed by atoms with E-state index in [4.69, 9.17) is 5.11 Å². The molecule has 0 saturated carbocycles. The van der Waals surface area contributed by atoms with Gasteiger partial charge in [0, 0.05) is 0 Å². The first kappa shape index (κ1) is 11.9. The molecule has 3 nitrogen and oxygen atoms in total. The van der Waals surface area contributed by atoms with Gasteiger partial charge in [-0.15, -0.1) is 0 Å². The minimum Gasteiger partial charge on any atom is -0.481 e. The van der Waals surface area contributed by atoms with Crippen molar-refractivity contribution in [1.82, 2.24) is 0 Å². The fourth-order valence-electron chi connectivity index (χ4n) is 0.987. The van der Waals surface area contributed by atoms with Gasteiger partial charge in [-0.3, -0.25) is 9.59 Å². The molecule has 0 rings (SSSR count). The number of carbonyl (C=O) groups excluding carboxylic acids is 1. The van der Waals surface area contributed by atoms with Crippen molar-refractivity contribution in [2.75, 3.05) is 0 Å². The molecule has 0 radical (unpaired) electrons. The van der Waals surface area contributed by atoms with Gasteiger partial charge in [0.2, 0.25) is 0 Å². The molecule has 1 N–H and O–H groups in total. The SMILES string of the molecule is CC(=O)C=CC(CC(=O)O)C(C)C. The van der Waals surface area contributed by atoms with E-state index in [0.29, 0.717) is 0 Å². The number of carboxylic acids is 1. The standard InChI is InChI=1S/C10H16O3/c1-7(2)9(6-10(12)13)5-4-8(3)11/h4-5,7,9H,6H2,1-3H3,(H,12,13). The summed E-state index contributed by atoms with van der Waals surface area (Å²) in [6, 6.07) is 0. The van der Waals surface area contributed by atoms with Gasteiger partial charge in [-0.2, -0.15) is 0 Å². The summed E-state index contributed by atoms with van der Waals surface area (Å²) in [5, 5.41) is 8.58. The number of allylic oxidation sites excluding steroid dienone is 2. The van der Waals surface area contributed by atoms with Crippen molar-refractivity contribution in [2.45, 2.75) is 27.2 Å². The Morgan fingerprint density at radius 3 is 2.23 bits per heavy atom. The maximum absolute atomic E-state index is 10.6. The Labute approximate surface area is 78.5 Å². The molecule has 3 heteroatoms. The molecule has 0 fully saturated rings. The number of hydrogen-bond donors (Lipinski definition) is 1. The van der Waals surface area contributed by atoms with Crippen LogP contribution in [0.25, 0.3) is 0 Å². The van der Waals surface area contributed by atoms with Gasteiger partial charge in [-0.05, 0) is 24.8 Å². The Kier molecular flexibility index (Phi) is 5.04. The second-order valence-electron chi connectivity index (χ2n) is 3.48. The fourth-order valence-corrected chi connectivity index (χ4v) is 0.987. The molecule has 0 heterocycles. The Bertz CT molecular complexity index is 216. The molecule has 0 amide bonds. The predicted octanol–water partition coefficient (Wildman–Crippen LogP) is 1.88. The van der Waals surface area contributed by atoms with E-state index in [2.05, 4.69) is 0 Å². The van der Waals surface area contributed by atoms with Gasteiger partial charge in [0.25, 0.3) is 0 Å². The van der Waals surface area contributed by atoms with E-state index in [9.17, 15) is 9.59 Å². The van der Waals surface area contributed by atoms with Crippen LogP contribution in [0.1, 0.15) is 27.2 Å². The normalized spacial score (nSPS) is 13.5. The number of hydrogen-bond acceptors (Lipinski definition) is 2. The zero-order chi connectivity index (χ0) is 10.4. The minimum absolute atomic E-state index is 0.0453. The lowest BCUT2D eigenvalue weighted by Crippen LogP contribution is -2.11. The van der Waals surface area contributed by atoms with Crippen molar-refractivity contribution in [3.63, 3.8) is 0 Å². The van der Waals surface area contributed by atoms with Crippen molar-refractivity contribution in [3.05, 3.63) is 12.2 Å². The average Bonchev–Trinajstić information content (AvgIpc) is 1.96. The lowest BCUT2D eigenvalue weighted by molar-refractivity contribution is -0.138. The van der Waals surface area contributed by atoms with Crippen molar-refractivity contribution in [3.8, 4) is 0 Å². The molecule has 0 saturated heterocycles. The first-order valence-electron chi connectivity index (χ1n) is 4.34. The molecule has 0 aromatic rings. The second-order valence-corrected chi connectivity index (χ2v) is 3.48. The van der Waals surface area contributed by atoms with Gasteiger partial charge in [0.1, 0.15) is 0 Å². The Morgan fingerprint density at radius 2 is 1.92 bits per heavy atom. The summed E-state index contributed by atoms with van der Waals surface area (Å²) in [5.74, 6) is -0.684. The third-order valence-electron chi connectivity index (χ3n) is 1.84. The second kappa shape index (κ2) is 5.51. The highest BCUT2D eigenvalue weighted by Crippen LogP contribution is 2.16. The van der Waals surface area contributed by atoms with Crippen LogP contribution in [0.3, 0.4) is 0 Å². The predicted molar refractivity (Wildman–Crippen MR) is 50.4 cm³/mol. The third-order valence-corrected chi connectivity index (χ3v) is 1.84. The molecule has 0 aliphatic heterocycles. The monoisotopic (exact) mass is 184 g/mol. The zero-order valence-corrected chi connectivity index (χ0v) is 8.28. The Balaban J connectivity index is 4.26. The lowest BCUT2D eigenvalue weighted by Gasteiger charge is -2.13. The molecule has 0 aromatic carbocycles. The molecule has 0 spiro atoms. The van der Waals surface area contributed by atoms with Crippen LogP contribution in [-0.2, 0) is 9.59 Å². The third kappa shape index (κ3) is 6.08. The van der Waals surface area contributed by atoms with E-state index in [1.54, 1.807) is 6.08 Å². The highest BCUT2D eigenvalue weighted by atomic mass is 16.4. The quantitative estimate of drug-likeness (QED) is 0.664. The maximum Gasteiger partial charge on any atom is 0.303 e. The summed E-state index contributed by atoms with van der Waals surface area (Å²) in [4.78, 5) is 21.1. The van der Waals surface area contributed by atoms with E-state index < -0.39 is 5.97 Å². The number of ketones is 1. The molecule has 74 valence electrons. The van der Waals surface area contributed by atoms with Crippen LogP contribution in [0.5, 0.6) is 0 Å². The van der Waals surface area contributed by atoms with E-state index in [-0.39, 0.29) is 24.0 Å². The molecule has 13 heavy (non-hydrogen) atoms. The summed E-state index contributed by atoms with van der Waals surface area (Å²) in [7, 11) is 0. The molecular formula is C10H16O3. The van der Waals surface area contributed by atoms with Crippen LogP contribution in [0.4, 0.5) is 0 Å². The van der Waals surface area contributed by atoms with E-state index in [1.807, 2.05) is 13.8 Å².